The summed E-state index contributed by atoms with van der Waals surface area (Å²) in [5.41, 5.74) is 2.14. The quantitative estimate of drug-likeness (QED) is 0.647. The van der Waals surface area contributed by atoms with Gasteiger partial charge >= 0.3 is 6.09 Å². The van der Waals surface area contributed by atoms with Crippen molar-refractivity contribution >= 4 is 17.4 Å². The molecular formula is C13H14N2O4. The molecule has 0 saturated carbocycles. The van der Waals surface area contributed by atoms with Crippen LogP contribution in [0.5, 0.6) is 0 Å². The van der Waals surface area contributed by atoms with E-state index in [4.69, 9.17) is 5.11 Å². The number of non-ortho nitro benzene ring substituents is 1. The number of nitro benzene ring substituents is 1. The Morgan fingerprint density at radius 3 is 2.53 bits per heavy atom. The van der Waals surface area contributed by atoms with Gasteiger partial charge in [-0.3, -0.25) is 10.1 Å². The lowest BCUT2D eigenvalue weighted by atomic mass is 9.91. The van der Waals surface area contributed by atoms with Gasteiger partial charge in [-0.05, 0) is 42.5 Å². The molecule has 1 aliphatic carbocycles. The average Bonchev–Trinajstić information content (AvgIpc) is 2.39. The minimum Gasteiger partial charge on any atom is -0.465 e. The van der Waals surface area contributed by atoms with Gasteiger partial charge in [0.1, 0.15) is 0 Å². The van der Waals surface area contributed by atoms with Crippen molar-refractivity contribution in [3.8, 4) is 0 Å². The smallest absolute Gasteiger partial charge is 0.404 e. The number of carbonyl (C=O) groups is 1. The number of benzene rings is 1. The highest BCUT2D eigenvalue weighted by Gasteiger charge is 2.17. The fraction of sp³-hybridized carbons (Fsp3) is 0.308. The van der Waals surface area contributed by atoms with E-state index in [1.54, 1.807) is 12.1 Å². The minimum atomic E-state index is -1.00. The first-order chi connectivity index (χ1) is 9.06. The number of nitrogens with one attached hydrogen (secondary N) is 1. The minimum absolute atomic E-state index is 0.0423. The first-order valence-corrected chi connectivity index (χ1v) is 5.99. The van der Waals surface area contributed by atoms with E-state index in [2.05, 4.69) is 5.32 Å². The zero-order valence-electron chi connectivity index (χ0n) is 10.2. The molecule has 0 heterocycles. The van der Waals surface area contributed by atoms with E-state index in [1.807, 2.05) is 6.08 Å². The molecule has 0 radical (unpaired) electrons. The molecule has 0 spiro atoms. The van der Waals surface area contributed by atoms with Crippen LogP contribution in [0.1, 0.15) is 24.8 Å². The van der Waals surface area contributed by atoms with Gasteiger partial charge < -0.3 is 10.4 Å². The van der Waals surface area contributed by atoms with Gasteiger partial charge in [-0.1, -0.05) is 6.08 Å². The van der Waals surface area contributed by atoms with Crippen molar-refractivity contribution in [2.45, 2.75) is 25.3 Å². The Morgan fingerprint density at radius 1 is 1.37 bits per heavy atom. The number of carboxylic acid groups (broad SMARTS) is 1. The Hall–Kier alpha value is -2.37. The molecule has 0 bridgehead atoms. The summed E-state index contributed by atoms with van der Waals surface area (Å²) in [4.78, 5) is 20.7. The van der Waals surface area contributed by atoms with Crippen molar-refractivity contribution in [3.63, 3.8) is 0 Å². The predicted molar refractivity (Wildman–Crippen MR) is 69.9 cm³/mol. The number of nitro groups is 1. The standard InChI is InChI=1S/C13H14N2O4/c16-13(17)14-11-5-1-9(2-6-11)10-3-7-12(8-4-10)15(18)19/h1,3-4,7-8,11,14H,2,5-6H2,(H,16,17). The second-order valence-electron chi connectivity index (χ2n) is 4.45. The fourth-order valence-electron chi connectivity index (χ4n) is 2.20. The zero-order chi connectivity index (χ0) is 13.8. The molecule has 1 aromatic carbocycles. The van der Waals surface area contributed by atoms with Crippen LogP contribution in [0, 0.1) is 10.1 Å². The fourth-order valence-corrected chi connectivity index (χ4v) is 2.20. The molecule has 1 amide bonds. The largest absolute Gasteiger partial charge is 0.465 e. The van der Waals surface area contributed by atoms with Crippen LogP contribution in [0.3, 0.4) is 0 Å². The van der Waals surface area contributed by atoms with Crippen molar-refractivity contribution in [2.75, 3.05) is 0 Å². The molecule has 19 heavy (non-hydrogen) atoms. The molecule has 6 nitrogen and oxygen atoms in total. The first-order valence-electron chi connectivity index (χ1n) is 5.99. The van der Waals surface area contributed by atoms with Crippen LogP contribution in [-0.2, 0) is 0 Å². The van der Waals surface area contributed by atoms with E-state index in [0.29, 0.717) is 6.42 Å². The highest BCUT2D eigenvalue weighted by molar-refractivity contribution is 5.68. The van der Waals surface area contributed by atoms with Crippen molar-refractivity contribution in [3.05, 3.63) is 46.0 Å². The van der Waals surface area contributed by atoms with E-state index >= 15 is 0 Å². The van der Waals surface area contributed by atoms with E-state index in [0.717, 1.165) is 24.0 Å². The molecule has 0 saturated heterocycles. The molecule has 2 N–H and O–H groups in total. The molecule has 6 heteroatoms. The van der Waals surface area contributed by atoms with Gasteiger partial charge in [-0.2, -0.15) is 0 Å². The van der Waals surface area contributed by atoms with Crippen molar-refractivity contribution in [1.82, 2.24) is 5.32 Å². The van der Waals surface area contributed by atoms with Gasteiger partial charge in [-0.15, -0.1) is 0 Å². The van der Waals surface area contributed by atoms with Gasteiger partial charge in [0.15, 0.2) is 0 Å². The summed E-state index contributed by atoms with van der Waals surface area (Å²) in [5.74, 6) is 0. The Labute approximate surface area is 109 Å². The lowest BCUT2D eigenvalue weighted by Gasteiger charge is -2.21. The highest BCUT2D eigenvalue weighted by atomic mass is 16.6. The average molecular weight is 262 g/mol. The van der Waals surface area contributed by atoms with Gasteiger partial charge in [0.25, 0.3) is 5.69 Å². The van der Waals surface area contributed by atoms with Gasteiger partial charge in [-0.25, -0.2) is 4.79 Å². The molecule has 100 valence electrons. The normalized spacial score (nSPS) is 18.5. The van der Waals surface area contributed by atoms with E-state index in [1.165, 1.54) is 12.1 Å². The maximum atomic E-state index is 10.6. The van der Waals surface area contributed by atoms with E-state index in [9.17, 15) is 14.9 Å². The molecule has 0 aliphatic heterocycles. The molecule has 1 aliphatic rings. The van der Waals surface area contributed by atoms with Crippen LogP contribution in [0.15, 0.2) is 30.3 Å². The number of amides is 1. The maximum absolute atomic E-state index is 10.6. The number of nitrogens with zero attached hydrogens (tertiary/aromatic N) is 1. The van der Waals surface area contributed by atoms with Crippen molar-refractivity contribution < 1.29 is 14.8 Å². The number of hydrogen-bond donors (Lipinski definition) is 2. The van der Waals surface area contributed by atoms with Crippen molar-refractivity contribution in [2.24, 2.45) is 0 Å². The molecule has 1 aromatic rings. The molecular weight excluding hydrogens is 248 g/mol. The first kappa shape index (κ1) is 13.1. The van der Waals surface area contributed by atoms with Crippen LogP contribution in [0.2, 0.25) is 0 Å². The Bertz CT molecular complexity index is 522. The van der Waals surface area contributed by atoms with Crippen LogP contribution in [-0.4, -0.2) is 22.2 Å². The van der Waals surface area contributed by atoms with Gasteiger partial charge in [0, 0.05) is 18.2 Å². The Kier molecular flexibility index (Phi) is 3.79. The number of rotatable bonds is 3. The molecule has 2 rings (SSSR count). The second kappa shape index (κ2) is 5.51. The highest BCUT2D eigenvalue weighted by Crippen LogP contribution is 2.28. The molecule has 1 unspecified atom stereocenters. The van der Waals surface area contributed by atoms with E-state index in [-0.39, 0.29) is 11.7 Å². The van der Waals surface area contributed by atoms with E-state index < -0.39 is 11.0 Å². The lowest BCUT2D eigenvalue weighted by Crippen LogP contribution is -2.34. The SMILES string of the molecule is O=C(O)NC1CC=C(c2ccc([N+](=O)[O-])cc2)CC1. The number of allylic oxidation sites excluding steroid dienone is 1. The zero-order valence-corrected chi connectivity index (χ0v) is 10.2. The summed E-state index contributed by atoms with van der Waals surface area (Å²) in [5, 5.41) is 21.7. The summed E-state index contributed by atoms with van der Waals surface area (Å²) < 4.78 is 0. The monoisotopic (exact) mass is 262 g/mol. The summed E-state index contributed by atoms with van der Waals surface area (Å²) in [6.45, 7) is 0. The maximum Gasteiger partial charge on any atom is 0.404 e. The summed E-state index contributed by atoms with van der Waals surface area (Å²) in [6.07, 6.45) is 3.15. The van der Waals surface area contributed by atoms with Crippen LogP contribution in [0.4, 0.5) is 10.5 Å². The van der Waals surface area contributed by atoms with Crippen LogP contribution >= 0.6 is 0 Å². The van der Waals surface area contributed by atoms with Crippen LogP contribution in [0.25, 0.3) is 5.57 Å². The molecule has 0 fully saturated rings. The van der Waals surface area contributed by atoms with Gasteiger partial charge in [0.05, 0.1) is 4.92 Å². The molecule has 0 aromatic heterocycles. The second-order valence-corrected chi connectivity index (χ2v) is 4.45. The summed E-state index contributed by atoms with van der Waals surface area (Å²) >= 11 is 0. The third-order valence-electron chi connectivity index (χ3n) is 3.19. The number of hydrogen-bond acceptors (Lipinski definition) is 3. The third kappa shape index (κ3) is 3.31. The van der Waals surface area contributed by atoms with Crippen molar-refractivity contribution in [1.29, 1.82) is 0 Å². The summed E-state index contributed by atoms with van der Waals surface area (Å²) in [6, 6.07) is 6.39. The Morgan fingerprint density at radius 2 is 2.05 bits per heavy atom. The summed E-state index contributed by atoms with van der Waals surface area (Å²) in [7, 11) is 0. The topological polar surface area (TPSA) is 92.5 Å². The van der Waals surface area contributed by atoms with Crippen LogP contribution < -0.4 is 5.32 Å². The third-order valence-corrected chi connectivity index (χ3v) is 3.19. The lowest BCUT2D eigenvalue weighted by molar-refractivity contribution is -0.384. The molecule has 1 atom stereocenters. The Balaban J connectivity index is 2.05. The van der Waals surface area contributed by atoms with Gasteiger partial charge in [0.2, 0.25) is 0 Å². The predicted octanol–water partition coefficient (Wildman–Crippen LogP) is 2.80.